The van der Waals surface area contributed by atoms with E-state index in [1.165, 1.54) is 50.8 Å². The molecular formula is C25H38N4O2. The number of ether oxygens (including phenoxy) is 1. The summed E-state index contributed by atoms with van der Waals surface area (Å²) in [7, 11) is 5.83. The molecule has 1 aliphatic heterocycles. The number of hydrogen-bond donors (Lipinski definition) is 1. The van der Waals surface area contributed by atoms with Crippen LogP contribution in [0.15, 0.2) is 24.4 Å². The van der Waals surface area contributed by atoms with Gasteiger partial charge < -0.3 is 19.9 Å². The lowest BCUT2D eigenvalue weighted by Crippen LogP contribution is -2.46. The second-order valence-electron chi connectivity index (χ2n) is 9.51. The number of benzene rings is 1. The molecule has 0 spiro atoms. The Bertz CT molecular complexity index is 877. The van der Waals surface area contributed by atoms with E-state index in [9.17, 15) is 4.79 Å². The van der Waals surface area contributed by atoms with Gasteiger partial charge in [0.2, 0.25) is 0 Å². The number of nitrogens with zero attached hydrogens (tertiary/aromatic N) is 3. The molecule has 0 unspecified atom stereocenters. The van der Waals surface area contributed by atoms with E-state index in [1.807, 2.05) is 18.3 Å². The molecular weight excluding hydrogens is 388 g/mol. The largest absolute Gasteiger partial charge is 0.497 e. The molecule has 2 fully saturated rings. The van der Waals surface area contributed by atoms with Crippen LogP contribution in [-0.2, 0) is 6.42 Å². The summed E-state index contributed by atoms with van der Waals surface area (Å²) < 4.78 is 7.22. The van der Waals surface area contributed by atoms with Crippen molar-refractivity contribution in [1.82, 2.24) is 19.7 Å². The molecule has 6 heteroatoms. The highest BCUT2D eigenvalue weighted by Crippen LogP contribution is 2.28. The summed E-state index contributed by atoms with van der Waals surface area (Å²) in [6, 6.07) is 6.99. The van der Waals surface area contributed by atoms with Crippen LogP contribution in [0.5, 0.6) is 5.75 Å². The van der Waals surface area contributed by atoms with Crippen LogP contribution in [0.2, 0.25) is 0 Å². The maximum absolute atomic E-state index is 13.3. The van der Waals surface area contributed by atoms with Gasteiger partial charge in [-0.05, 0) is 89.8 Å². The van der Waals surface area contributed by atoms with Gasteiger partial charge in [-0.2, -0.15) is 0 Å². The van der Waals surface area contributed by atoms with Crippen LogP contribution in [0.4, 0.5) is 4.79 Å². The second kappa shape index (κ2) is 10.0. The van der Waals surface area contributed by atoms with Gasteiger partial charge in [-0.1, -0.05) is 6.42 Å². The molecule has 0 atom stereocenters. The van der Waals surface area contributed by atoms with Crippen LogP contribution in [0.25, 0.3) is 10.9 Å². The Morgan fingerprint density at radius 1 is 1.13 bits per heavy atom. The molecule has 6 nitrogen and oxygen atoms in total. The van der Waals surface area contributed by atoms with Crippen LogP contribution >= 0.6 is 0 Å². The minimum absolute atomic E-state index is 0.0178. The van der Waals surface area contributed by atoms with Crippen LogP contribution in [0.1, 0.15) is 50.5 Å². The zero-order valence-corrected chi connectivity index (χ0v) is 19.4. The molecule has 1 saturated heterocycles. The summed E-state index contributed by atoms with van der Waals surface area (Å²) in [5.41, 5.74) is 2.13. The quantitative estimate of drug-likeness (QED) is 0.755. The molecule has 1 aromatic heterocycles. The van der Waals surface area contributed by atoms with E-state index in [0.29, 0.717) is 6.04 Å². The summed E-state index contributed by atoms with van der Waals surface area (Å²) in [6.07, 6.45) is 11.5. The number of amides is 1. The van der Waals surface area contributed by atoms with Crippen molar-refractivity contribution in [2.75, 3.05) is 40.8 Å². The first-order valence-corrected chi connectivity index (χ1v) is 11.9. The number of fused-ring (bicyclic) bond motifs is 1. The van der Waals surface area contributed by atoms with Gasteiger partial charge in [0.15, 0.2) is 0 Å². The van der Waals surface area contributed by atoms with E-state index in [1.54, 1.807) is 11.7 Å². The minimum Gasteiger partial charge on any atom is -0.497 e. The third-order valence-electron chi connectivity index (χ3n) is 7.07. The molecule has 4 rings (SSSR count). The Balaban J connectivity index is 1.44. The molecule has 2 heterocycles. The van der Waals surface area contributed by atoms with Crippen LogP contribution in [0.3, 0.4) is 0 Å². The minimum atomic E-state index is -0.0178. The average Bonchev–Trinajstić information content (AvgIpc) is 3.16. The van der Waals surface area contributed by atoms with E-state index >= 15 is 0 Å². The third kappa shape index (κ3) is 5.24. The smallest absolute Gasteiger partial charge is 0.326 e. The number of likely N-dealkylation sites (tertiary alicyclic amines) is 1. The Morgan fingerprint density at radius 2 is 1.87 bits per heavy atom. The normalized spacial score (nSPS) is 22.7. The highest BCUT2D eigenvalue weighted by atomic mass is 16.5. The number of likely N-dealkylation sites (N-methyl/N-ethyl adjacent to an activating group) is 1. The highest BCUT2D eigenvalue weighted by molar-refractivity contribution is 5.94. The maximum Gasteiger partial charge on any atom is 0.326 e. The van der Waals surface area contributed by atoms with Gasteiger partial charge in [-0.3, -0.25) is 4.57 Å². The first-order valence-electron chi connectivity index (χ1n) is 11.9. The lowest BCUT2D eigenvalue weighted by Gasteiger charge is -2.39. The van der Waals surface area contributed by atoms with Crippen molar-refractivity contribution in [2.24, 2.45) is 0 Å². The Kier molecular flexibility index (Phi) is 7.18. The lowest BCUT2D eigenvalue weighted by atomic mass is 9.89. The van der Waals surface area contributed by atoms with Gasteiger partial charge >= 0.3 is 6.03 Å². The molecule has 0 bridgehead atoms. The summed E-state index contributed by atoms with van der Waals surface area (Å²) in [5.74, 6) is 0.779. The maximum atomic E-state index is 13.3. The molecule has 2 aromatic rings. The predicted molar refractivity (Wildman–Crippen MR) is 126 cm³/mol. The highest BCUT2D eigenvalue weighted by Gasteiger charge is 2.28. The number of carbonyl (C=O) groups excluding carboxylic acids is 1. The van der Waals surface area contributed by atoms with Crippen molar-refractivity contribution in [1.29, 1.82) is 0 Å². The van der Waals surface area contributed by atoms with Gasteiger partial charge in [0, 0.05) is 36.3 Å². The van der Waals surface area contributed by atoms with Crippen LogP contribution < -0.4 is 10.1 Å². The number of nitrogens with one attached hydrogen (secondary N) is 1. The van der Waals surface area contributed by atoms with E-state index in [-0.39, 0.29) is 12.1 Å². The van der Waals surface area contributed by atoms with Gasteiger partial charge in [0.1, 0.15) is 5.75 Å². The molecule has 0 radical (unpaired) electrons. The van der Waals surface area contributed by atoms with Gasteiger partial charge in [0.25, 0.3) is 0 Å². The van der Waals surface area contributed by atoms with Gasteiger partial charge in [0.05, 0.1) is 12.6 Å². The second-order valence-corrected chi connectivity index (χ2v) is 9.51. The van der Waals surface area contributed by atoms with Gasteiger partial charge in [-0.25, -0.2) is 4.79 Å². The average molecular weight is 427 g/mol. The number of piperidine rings is 1. The molecule has 1 aliphatic carbocycles. The number of carbonyl (C=O) groups is 1. The molecule has 1 amide bonds. The molecule has 170 valence electrons. The van der Waals surface area contributed by atoms with E-state index in [4.69, 9.17) is 4.74 Å². The topological polar surface area (TPSA) is 49.7 Å². The van der Waals surface area contributed by atoms with Crippen molar-refractivity contribution < 1.29 is 9.53 Å². The SMILES string of the molecule is COc1ccc2c(CCN(C)C)cn(C(=O)NC3CCC(N4CCCCC4)CC3)c2c1. The van der Waals surface area contributed by atoms with Crippen LogP contribution in [0, 0.1) is 0 Å². The zero-order chi connectivity index (χ0) is 21.8. The first-order chi connectivity index (χ1) is 15.0. The molecule has 1 N–H and O–H groups in total. The fourth-order valence-corrected chi connectivity index (χ4v) is 5.23. The summed E-state index contributed by atoms with van der Waals surface area (Å²) in [4.78, 5) is 18.1. The van der Waals surface area contributed by atoms with Crippen LogP contribution in [-0.4, -0.2) is 73.3 Å². The summed E-state index contributed by atoms with van der Waals surface area (Å²) in [5, 5.41) is 4.45. The van der Waals surface area contributed by atoms with E-state index < -0.39 is 0 Å². The first kappa shape index (κ1) is 22.2. The van der Waals surface area contributed by atoms with Crippen molar-refractivity contribution in [2.45, 2.75) is 63.5 Å². The molecule has 1 saturated carbocycles. The van der Waals surface area contributed by atoms with Crippen molar-refractivity contribution in [3.8, 4) is 5.75 Å². The molecule has 1 aromatic carbocycles. The zero-order valence-electron chi connectivity index (χ0n) is 19.4. The number of rotatable bonds is 6. The predicted octanol–water partition coefficient (Wildman–Crippen LogP) is 4.11. The standard InChI is InChI=1S/C25H38N4O2/c1-27(2)16-13-19-18-29(24-17-22(31-3)11-12-23(19)24)25(30)26-20-7-9-21(10-8-20)28-14-5-4-6-15-28/h11-12,17-18,20-21H,4-10,13-16H2,1-3H3,(H,26,30). The Morgan fingerprint density at radius 3 is 2.55 bits per heavy atom. The Labute approximate surface area is 186 Å². The monoisotopic (exact) mass is 426 g/mol. The van der Waals surface area contributed by atoms with Gasteiger partial charge in [-0.15, -0.1) is 0 Å². The fraction of sp³-hybridized carbons (Fsp3) is 0.640. The van der Waals surface area contributed by atoms with Crippen molar-refractivity contribution in [3.05, 3.63) is 30.0 Å². The van der Waals surface area contributed by atoms with E-state index in [0.717, 1.165) is 42.5 Å². The molecule has 2 aliphatic rings. The van der Waals surface area contributed by atoms with Crippen molar-refractivity contribution >= 4 is 16.9 Å². The number of aromatic nitrogens is 1. The summed E-state index contributed by atoms with van der Waals surface area (Å²) >= 11 is 0. The van der Waals surface area contributed by atoms with Crippen molar-refractivity contribution in [3.63, 3.8) is 0 Å². The number of hydrogen-bond acceptors (Lipinski definition) is 4. The third-order valence-corrected chi connectivity index (χ3v) is 7.07. The number of methoxy groups -OCH3 is 1. The van der Waals surface area contributed by atoms with E-state index in [2.05, 4.69) is 35.3 Å². The Hall–Kier alpha value is -2.05. The summed E-state index contributed by atoms with van der Waals surface area (Å²) in [6.45, 7) is 3.47. The lowest BCUT2D eigenvalue weighted by molar-refractivity contribution is 0.121. The fourth-order valence-electron chi connectivity index (χ4n) is 5.23. The molecule has 31 heavy (non-hydrogen) atoms.